The van der Waals surface area contributed by atoms with Crippen molar-refractivity contribution in [3.05, 3.63) is 71.8 Å². The Balaban J connectivity index is 1.48. The second-order valence-electron chi connectivity index (χ2n) is 8.39. The summed E-state index contributed by atoms with van der Waals surface area (Å²) in [7, 11) is -4.17. The van der Waals surface area contributed by atoms with Gasteiger partial charge in [-0.3, -0.25) is 10.2 Å². The third-order valence-electron chi connectivity index (χ3n) is 5.74. The molecule has 13 heteroatoms. The number of fused-ring (bicyclic) bond motifs is 1. The maximum Gasteiger partial charge on any atom is 0.491 e. The van der Waals surface area contributed by atoms with Crippen molar-refractivity contribution in [2.24, 2.45) is 5.73 Å². The Labute approximate surface area is 209 Å². The average Bonchev–Trinajstić information content (AvgIpc) is 3.16. The molecule has 1 aliphatic rings. The molecule has 0 aliphatic carbocycles. The molecule has 1 fully saturated rings. The van der Waals surface area contributed by atoms with Gasteiger partial charge >= 0.3 is 12.1 Å². The van der Waals surface area contributed by atoms with Crippen LogP contribution in [0.2, 0.25) is 0 Å². The Morgan fingerprint density at radius 3 is 2.54 bits per heavy atom. The fraction of sp³-hybridized carbons (Fsp3) is 0.208. The van der Waals surface area contributed by atoms with Gasteiger partial charge in [-0.2, -0.15) is 17.9 Å². The molecule has 3 aromatic rings. The Morgan fingerprint density at radius 1 is 1.11 bits per heavy atom. The average molecular weight is 535 g/mol. The molecule has 1 heterocycles. The fourth-order valence-electron chi connectivity index (χ4n) is 3.92. The number of nitrogen functional groups attached to an aromatic ring is 1. The lowest BCUT2D eigenvalue weighted by Crippen LogP contribution is -2.41. The molecule has 0 saturated carbocycles. The van der Waals surface area contributed by atoms with Gasteiger partial charge in [0.1, 0.15) is 17.6 Å². The number of hydrogen-bond donors (Lipinski definition) is 3. The Bertz CT molecular complexity index is 1510. The smallest absolute Gasteiger partial charge is 0.420 e. The summed E-state index contributed by atoms with van der Waals surface area (Å²) in [5, 5.41) is 8.26. The largest absolute Gasteiger partial charge is 0.491 e. The van der Waals surface area contributed by atoms with E-state index in [-0.39, 0.29) is 29.1 Å². The van der Waals surface area contributed by atoms with Crippen molar-refractivity contribution in [3.63, 3.8) is 0 Å². The van der Waals surface area contributed by atoms with Crippen LogP contribution in [0.25, 0.3) is 10.8 Å². The van der Waals surface area contributed by atoms with Crippen LogP contribution in [0.15, 0.2) is 65.6 Å². The molecule has 37 heavy (non-hydrogen) atoms. The molecule has 4 rings (SSSR count). The Kier molecular flexibility index (Phi) is 6.93. The molecular weight excluding hydrogens is 513 g/mol. The topological polar surface area (TPSA) is 143 Å². The first kappa shape index (κ1) is 26.1. The van der Waals surface area contributed by atoms with Crippen molar-refractivity contribution < 1.29 is 35.9 Å². The van der Waals surface area contributed by atoms with Crippen molar-refractivity contribution >= 4 is 38.5 Å². The summed E-state index contributed by atoms with van der Waals surface area (Å²) in [6, 6.07) is 13.5. The standard InChI is InChI=1S/C24H21F3N4O5S/c25-24(26,27)23(33)36-18-6-4-15-5-7-19(12-17(15)11-18)37(34,35)30-20-8-9-31(22(20)32)13-14-2-1-3-16(10-14)21(28)29/h1-7,10-12,20,30H,8-9,13H2,(H3,28,29)/t20-/m0/s1. The van der Waals surface area contributed by atoms with Crippen molar-refractivity contribution in [2.75, 3.05) is 6.54 Å². The number of esters is 1. The summed E-state index contributed by atoms with van der Waals surface area (Å²) in [6.45, 7) is 0.523. The predicted octanol–water partition coefficient (Wildman–Crippen LogP) is 2.67. The molecule has 4 N–H and O–H groups in total. The zero-order valence-electron chi connectivity index (χ0n) is 19.1. The third kappa shape index (κ3) is 5.89. The molecule has 9 nitrogen and oxygen atoms in total. The normalized spacial score (nSPS) is 16.2. The quantitative estimate of drug-likeness (QED) is 0.184. The van der Waals surface area contributed by atoms with Crippen LogP contribution in [0.5, 0.6) is 5.75 Å². The molecule has 0 spiro atoms. The first-order chi connectivity index (χ1) is 17.3. The van der Waals surface area contributed by atoms with Crippen molar-refractivity contribution in [1.82, 2.24) is 9.62 Å². The number of halogens is 3. The zero-order valence-corrected chi connectivity index (χ0v) is 19.9. The van der Waals surface area contributed by atoms with E-state index in [1.54, 1.807) is 24.3 Å². The fourth-order valence-corrected chi connectivity index (χ4v) is 5.18. The van der Waals surface area contributed by atoms with E-state index in [0.717, 1.165) is 17.7 Å². The highest BCUT2D eigenvalue weighted by atomic mass is 32.2. The van der Waals surface area contributed by atoms with Crippen LogP contribution in [0.3, 0.4) is 0 Å². The second-order valence-corrected chi connectivity index (χ2v) is 10.1. The van der Waals surface area contributed by atoms with E-state index < -0.39 is 39.9 Å². The molecule has 194 valence electrons. The first-order valence-corrected chi connectivity index (χ1v) is 12.4. The lowest BCUT2D eigenvalue weighted by molar-refractivity contribution is -0.189. The highest BCUT2D eigenvalue weighted by Gasteiger charge is 2.41. The number of nitrogens with zero attached hydrogens (tertiary/aromatic N) is 1. The maximum absolute atomic E-state index is 13.0. The van der Waals surface area contributed by atoms with Gasteiger partial charge in [-0.1, -0.05) is 30.3 Å². The van der Waals surface area contributed by atoms with E-state index in [9.17, 15) is 31.2 Å². The minimum Gasteiger partial charge on any atom is -0.420 e. The summed E-state index contributed by atoms with van der Waals surface area (Å²) >= 11 is 0. The number of alkyl halides is 3. The van der Waals surface area contributed by atoms with Gasteiger partial charge < -0.3 is 15.4 Å². The van der Waals surface area contributed by atoms with Gasteiger partial charge in [-0.25, -0.2) is 13.2 Å². The SMILES string of the molecule is N=C(N)c1cccc(CN2CC[C@H](NS(=O)(=O)c3ccc4ccc(OC(=O)C(F)(F)F)cc4c3)C2=O)c1. The van der Waals surface area contributed by atoms with Crippen LogP contribution in [-0.4, -0.2) is 49.8 Å². The highest BCUT2D eigenvalue weighted by Crippen LogP contribution is 2.27. The maximum atomic E-state index is 13.0. The summed E-state index contributed by atoms with van der Waals surface area (Å²) < 4.78 is 70.2. The van der Waals surface area contributed by atoms with E-state index in [0.29, 0.717) is 17.5 Å². The summed E-state index contributed by atoms with van der Waals surface area (Å²) in [6.07, 6.45) is -4.95. The molecule has 1 saturated heterocycles. The van der Waals surface area contributed by atoms with Gasteiger partial charge in [-0.05, 0) is 53.1 Å². The van der Waals surface area contributed by atoms with Gasteiger partial charge in [0.05, 0.1) is 4.90 Å². The van der Waals surface area contributed by atoms with Gasteiger partial charge in [0.25, 0.3) is 0 Å². The number of amides is 1. The number of hydrogen-bond acceptors (Lipinski definition) is 6. The lowest BCUT2D eigenvalue weighted by Gasteiger charge is -2.18. The van der Waals surface area contributed by atoms with Crippen molar-refractivity contribution in [2.45, 2.75) is 30.1 Å². The van der Waals surface area contributed by atoms with Crippen LogP contribution in [0, 0.1) is 5.41 Å². The van der Waals surface area contributed by atoms with Crippen LogP contribution in [0.1, 0.15) is 17.5 Å². The van der Waals surface area contributed by atoms with Gasteiger partial charge in [-0.15, -0.1) is 0 Å². The number of ether oxygens (including phenoxy) is 1. The number of rotatable bonds is 7. The summed E-state index contributed by atoms with van der Waals surface area (Å²) in [5.74, 6) is -3.32. The molecular formula is C24H21F3N4O5S. The molecule has 0 bridgehead atoms. The van der Waals surface area contributed by atoms with E-state index in [2.05, 4.69) is 9.46 Å². The van der Waals surface area contributed by atoms with Gasteiger partial charge in [0, 0.05) is 18.7 Å². The van der Waals surface area contributed by atoms with Crippen LogP contribution < -0.4 is 15.2 Å². The molecule has 0 unspecified atom stereocenters. The molecule has 1 amide bonds. The number of nitrogens with two attached hydrogens (primary N) is 1. The van der Waals surface area contributed by atoms with Crippen LogP contribution in [-0.2, 0) is 26.2 Å². The lowest BCUT2D eigenvalue weighted by atomic mass is 10.1. The number of amidine groups is 1. The molecule has 0 radical (unpaired) electrons. The van der Waals surface area contributed by atoms with Crippen LogP contribution >= 0.6 is 0 Å². The second kappa shape index (κ2) is 9.82. The van der Waals surface area contributed by atoms with E-state index in [4.69, 9.17) is 11.1 Å². The van der Waals surface area contributed by atoms with Crippen molar-refractivity contribution in [3.8, 4) is 5.75 Å². The minimum atomic E-state index is -5.18. The molecule has 1 atom stereocenters. The van der Waals surface area contributed by atoms with E-state index in [1.165, 1.54) is 29.2 Å². The highest BCUT2D eigenvalue weighted by molar-refractivity contribution is 7.89. The van der Waals surface area contributed by atoms with Crippen molar-refractivity contribution in [1.29, 1.82) is 5.41 Å². The van der Waals surface area contributed by atoms with Gasteiger partial charge in [0.15, 0.2) is 0 Å². The molecule has 3 aromatic carbocycles. The van der Waals surface area contributed by atoms with Crippen LogP contribution in [0.4, 0.5) is 13.2 Å². The number of carbonyl (C=O) groups is 2. The number of sulfonamides is 1. The van der Waals surface area contributed by atoms with Gasteiger partial charge in [0.2, 0.25) is 15.9 Å². The van der Waals surface area contributed by atoms with E-state index >= 15 is 0 Å². The molecule has 1 aliphatic heterocycles. The van der Waals surface area contributed by atoms with E-state index in [1.807, 2.05) is 0 Å². The minimum absolute atomic E-state index is 0.110. The summed E-state index contributed by atoms with van der Waals surface area (Å²) in [5.41, 5.74) is 6.75. The molecule has 0 aromatic heterocycles. The third-order valence-corrected chi connectivity index (χ3v) is 7.21. The number of carbonyl (C=O) groups excluding carboxylic acids is 2. The monoisotopic (exact) mass is 534 g/mol. The number of benzene rings is 3. The zero-order chi connectivity index (χ0) is 27.0. The number of likely N-dealkylation sites (tertiary alicyclic amines) is 1. The first-order valence-electron chi connectivity index (χ1n) is 10.9. The Morgan fingerprint density at radius 2 is 1.84 bits per heavy atom. The predicted molar refractivity (Wildman–Crippen MR) is 127 cm³/mol. The number of nitrogens with one attached hydrogen (secondary N) is 2. The summed E-state index contributed by atoms with van der Waals surface area (Å²) in [4.78, 5) is 25.3. The Hall–Kier alpha value is -3.97.